The summed E-state index contributed by atoms with van der Waals surface area (Å²) in [6.45, 7) is 0.837. The lowest BCUT2D eigenvalue weighted by Gasteiger charge is -2.39. The smallest absolute Gasteiger partial charge is 0.123 e. The number of rotatable bonds is 5. The molecule has 0 amide bonds. The van der Waals surface area contributed by atoms with E-state index >= 15 is 0 Å². The highest BCUT2D eigenvalue weighted by Gasteiger charge is 2.41. The quantitative estimate of drug-likeness (QED) is 0.757. The first kappa shape index (κ1) is 19.8. The molecule has 2 unspecified atom stereocenters. The van der Waals surface area contributed by atoms with Crippen LogP contribution in [0.15, 0.2) is 60.2 Å². The molecule has 2 atom stereocenters. The van der Waals surface area contributed by atoms with Gasteiger partial charge in [0.05, 0.1) is 5.60 Å². The Morgan fingerprint density at radius 1 is 1.07 bits per heavy atom. The standard InChI is InChI=1S/C24H30FNO/c1-26(2)18-22-11-7-6-10-21(16-19-8-4-3-5-9-19)24(22,27)17-20-12-14-23(25)15-13-20/h3-5,8-9,12-16,22,27H,6-7,10-11,17-18H2,1-2H3. The van der Waals surface area contributed by atoms with Crippen LogP contribution in [0.5, 0.6) is 0 Å². The topological polar surface area (TPSA) is 23.5 Å². The Balaban J connectivity index is 2.01. The van der Waals surface area contributed by atoms with Crippen molar-refractivity contribution in [2.24, 2.45) is 5.92 Å². The van der Waals surface area contributed by atoms with Gasteiger partial charge in [0.25, 0.3) is 0 Å². The molecule has 0 aliphatic heterocycles. The van der Waals surface area contributed by atoms with Crippen LogP contribution in [0, 0.1) is 11.7 Å². The molecule has 2 aromatic carbocycles. The predicted octanol–water partition coefficient (Wildman–Crippen LogP) is 4.93. The van der Waals surface area contributed by atoms with Crippen LogP contribution in [0.3, 0.4) is 0 Å². The molecule has 0 spiro atoms. The molecular formula is C24H30FNO. The van der Waals surface area contributed by atoms with E-state index < -0.39 is 5.60 Å². The molecule has 1 aliphatic carbocycles. The minimum absolute atomic E-state index is 0.148. The Morgan fingerprint density at radius 3 is 2.44 bits per heavy atom. The summed E-state index contributed by atoms with van der Waals surface area (Å²) in [5.74, 6) is -0.0912. The van der Waals surface area contributed by atoms with Crippen molar-refractivity contribution in [2.75, 3.05) is 20.6 Å². The minimum Gasteiger partial charge on any atom is -0.385 e. The van der Waals surface area contributed by atoms with Crippen molar-refractivity contribution >= 4 is 6.08 Å². The number of nitrogens with zero attached hydrogens (tertiary/aromatic N) is 1. The summed E-state index contributed by atoms with van der Waals surface area (Å²) in [5, 5.41) is 12.0. The van der Waals surface area contributed by atoms with Crippen LogP contribution in [0.25, 0.3) is 6.08 Å². The molecule has 0 heterocycles. The zero-order valence-electron chi connectivity index (χ0n) is 16.4. The van der Waals surface area contributed by atoms with Crippen molar-refractivity contribution < 1.29 is 9.50 Å². The lowest BCUT2D eigenvalue weighted by Crippen LogP contribution is -2.45. The van der Waals surface area contributed by atoms with E-state index in [9.17, 15) is 9.50 Å². The fourth-order valence-corrected chi connectivity index (χ4v) is 4.23. The van der Waals surface area contributed by atoms with Crippen LogP contribution in [-0.4, -0.2) is 36.2 Å². The fraction of sp³-hybridized carbons (Fsp3) is 0.417. The van der Waals surface area contributed by atoms with Crippen LogP contribution >= 0.6 is 0 Å². The van der Waals surface area contributed by atoms with Gasteiger partial charge in [-0.05, 0) is 62.2 Å². The summed E-state index contributed by atoms with van der Waals surface area (Å²) in [6.07, 6.45) is 6.80. The molecule has 0 radical (unpaired) electrons. The van der Waals surface area contributed by atoms with Crippen molar-refractivity contribution in [3.63, 3.8) is 0 Å². The molecule has 0 saturated heterocycles. The molecular weight excluding hydrogens is 337 g/mol. The second-order valence-electron chi connectivity index (χ2n) is 8.01. The molecule has 2 aromatic rings. The Labute approximate surface area is 162 Å². The van der Waals surface area contributed by atoms with Gasteiger partial charge in [0.2, 0.25) is 0 Å². The third-order valence-corrected chi connectivity index (χ3v) is 5.59. The van der Waals surface area contributed by atoms with Crippen molar-refractivity contribution in [1.82, 2.24) is 4.90 Å². The molecule has 3 heteroatoms. The lowest BCUT2D eigenvalue weighted by molar-refractivity contribution is 0.00516. The normalized spacial score (nSPS) is 24.9. The van der Waals surface area contributed by atoms with Crippen molar-refractivity contribution in [3.05, 3.63) is 77.1 Å². The van der Waals surface area contributed by atoms with E-state index in [1.54, 1.807) is 12.1 Å². The van der Waals surface area contributed by atoms with Gasteiger partial charge >= 0.3 is 0 Å². The summed E-state index contributed by atoms with van der Waals surface area (Å²) in [6, 6.07) is 16.8. The summed E-state index contributed by atoms with van der Waals surface area (Å²) in [5.41, 5.74) is 2.27. The van der Waals surface area contributed by atoms with Gasteiger partial charge in [-0.1, -0.05) is 55.0 Å². The first-order valence-corrected chi connectivity index (χ1v) is 9.85. The number of aliphatic hydroxyl groups is 1. The van der Waals surface area contributed by atoms with Gasteiger partial charge < -0.3 is 10.0 Å². The van der Waals surface area contributed by atoms with Gasteiger partial charge in [0, 0.05) is 18.9 Å². The molecule has 144 valence electrons. The Hall–Kier alpha value is -1.97. The fourth-order valence-electron chi connectivity index (χ4n) is 4.23. The monoisotopic (exact) mass is 367 g/mol. The van der Waals surface area contributed by atoms with E-state index in [2.05, 4.69) is 37.2 Å². The lowest BCUT2D eigenvalue weighted by atomic mass is 9.75. The van der Waals surface area contributed by atoms with Gasteiger partial charge in [0.1, 0.15) is 5.82 Å². The van der Waals surface area contributed by atoms with Crippen LogP contribution in [-0.2, 0) is 6.42 Å². The minimum atomic E-state index is -0.922. The molecule has 0 aromatic heterocycles. The first-order valence-electron chi connectivity index (χ1n) is 9.85. The molecule has 1 saturated carbocycles. The Morgan fingerprint density at radius 2 is 1.78 bits per heavy atom. The Kier molecular flexibility index (Phi) is 6.46. The zero-order chi connectivity index (χ0) is 19.3. The predicted molar refractivity (Wildman–Crippen MR) is 110 cm³/mol. The highest BCUT2D eigenvalue weighted by atomic mass is 19.1. The van der Waals surface area contributed by atoms with Crippen LogP contribution in [0.4, 0.5) is 4.39 Å². The van der Waals surface area contributed by atoms with Crippen molar-refractivity contribution in [1.29, 1.82) is 0 Å². The summed E-state index contributed by atoms with van der Waals surface area (Å²) in [4.78, 5) is 2.16. The average Bonchev–Trinajstić information content (AvgIpc) is 2.78. The van der Waals surface area contributed by atoms with E-state index in [1.165, 1.54) is 12.1 Å². The summed E-state index contributed by atoms with van der Waals surface area (Å²) in [7, 11) is 4.12. The molecule has 1 N–H and O–H groups in total. The maximum Gasteiger partial charge on any atom is 0.123 e. The number of benzene rings is 2. The second kappa shape index (κ2) is 8.81. The largest absolute Gasteiger partial charge is 0.385 e. The van der Waals surface area contributed by atoms with Crippen molar-refractivity contribution in [3.8, 4) is 0 Å². The van der Waals surface area contributed by atoms with Gasteiger partial charge in [-0.25, -0.2) is 4.39 Å². The second-order valence-corrected chi connectivity index (χ2v) is 8.01. The molecule has 2 nitrogen and oxygen atoms in total. The Bertz CT molecular complexity index is 754. The van der Waals surface area contributed by atoms with Gasteiger partial charge in [0.15, 0.2) is 0 Å². The van der Waals surface area contributed by atoms with Gasteiger partial charge in [-0.15, -0.1) is 0 Å². The molecule has 0 bridgehead atoms. The molecule has 1 aliphatic rings. The number of halogens is 1. The first-order chi connectivity index (χ1) is 13.0. The highest BCUT2D eigenvalue weighted by molar-refractivity contribution is 5.55. The maximum absolute atomic E-state index is 13.4. The van der Waals surface area contributed by atoms with E-state index in [0.717, 1.165) is 48.9 Å². The van der Waals surface area contributed by atoms with Crippen LogP contribution in [0.1, 0.15) is 36.8 Å². The van der Waals surface area contributed by atoms with Crippen LogP contribution < -0.4 is 0 Å². The molecule has 3 rings (SSSR count). The average molecular weight is 368 g/mol. The highest BCUT2D eigenvalue weighted by Crippen LogP contribution is 2.40. The van der Waals surface area contributed by atoms with E-state index in [4.69, 9.17) is 0 Å². The number of hydrogen-bond acceptors (Lipinski definition) is 2. The van der Waals surface area contributed by atoms with Gasteiger partial charge in [-0.2, -0.15) is 0 Å². The van der Waals surface area contributed by atoms with E-state index in [0.29, 0.717) is 6.42 Å². The van der Waals surface area contributed by atoms with Gasteiger partial charge in [-0.3, -0.25) is 0 Å². The van der Waals surface area contributed by atoms with Crippen LogP contribution in [0.2, 0.25) is 0 Å². The third-order valence-electron chi connectivity index (χ3n) is 5.59. The SMILES string of the molecule is CN(C)CC1CCCCC(=Cc2ccccc2)C1(O)Cc1ccc(F)cc1. The molecule has 1 fully saturated rings. The maximum atomic E-state index is 13.4. The van der Waals surface area contributed by atoms with E-state index in [1.807, 2.05) is 18.2 Å². The van der Waals surface area contributed by atoms with E-state index in [-0.39, 0.29) is 11.7 Å². The summed E-state index contributed by atoms with van der Waals surface area (Å²) >= 11 is 0. The number of hydrogen-bond donors (Lipinski definition) is 1. The third kappa shape index (κ3) is 5.06. The van der Waals surface area contributed by atoms with Crippen molar-refractivity contribution in [2.45, 2.75) is 37.7 Å². The summed E-state index contributed by atoms with van der Waals surface area (Å²) < 4.78 is 13.4. The zero-order valence-corrected chi connectivity index (χ0v) is 16.4. The molecule has 27 heavy (non-hydrogen) atoms.